The number of aromatic nitrogens is 3. The van der Waals surface area contributed by atoms with Crippen molar-refractivity contribution in [3.05, 3.63) is 45.9 Å². The number of rotatable bonds is 9. The molecule has 0 radical (unpaired) electrons. The Morgan fingerprint density at radius 2 is 1.96 bits per heavy atom. The molecule has 1 N–H and O–H groups in total. The Bertz CT molecular complexity index is 736. The molecule has 0 saturated heterocycles. The summed E-state index contributed by atoms with van der Waals surface area (Å²) >= 11 is 1.31. The number of H-pyrrole nitrogens is 1. The van der Waals surface area contributed by atoms with Crippen molar-refractivity contribution in [2.24, 2.45) is 0 Å². The zero-order valence-electron chi connectivity index (χ0n) is 15.1. The SMILES string of the molecule is CCCN(Cc1ccc(C)cc1)C(=O)CSc1n[nH]c(=O)n1CCC. The van der Waals surface area contributed by atoms with Crippen molar-refractivity contribution >= 4 is 17.7 Å². The molecule has 1 aromatic carbocycles. The molecule has 2 aromatic rings. The van der Waals surface area contributed by atoms with E-state index in [-0.39, 0.29) is 17.3 Å². The Hall–Kier alpha value is -2.02. The van der Waals surface area contributed by atoms with Gasteiger partial charge in [0.15, 0.2) is 5.16 Å². The third-order valence-electron chi connectivity index (χ3n) is 3.84. The van der Waals surface area contributed by atoms with Gasteiger partial charge in [-0.2, -0.15) is 0 Å². The Kier molecular flexibility index (Phi) is 7.31. The fourth-order valence-corrected chi connectivity index (χ4v) is 3.40. The van der Waals surface area contributed by atoms with Gasteiger partial charge in [-0.3, -0.25) is 9.36 Å². The number of hydrogen-bond acceptors (Lipinski definition) is 4. The second kappa shape index (κ2) is 9.46. The Morgan fingerprint density at radius 1 is 1.24 bits per heavy atom. The highest BCUT2D eigenvalue weighted by Gasteiger charge is 2.16. The van der Waals surface area contributed by atoms with Crippen LogP contribution >= 0.6 is 11.8 Å². The summed E-state index contributed by atoms with van der Waals surface area (Å²) in [4.78, 5) is 26.2. The van der Waals surface area contributed by atoms with Crippen molar-refractivity contribution in [2.45, 2.75) is 51.9 Å². The molecule has 0 aliphatic heterocycles. The molecule has 136 valence electrons. The van der Waals surface area contributed by atoms with E-state index in [0.717, 1.165) is 24.9 Å². The summed E-state index contributed by atoms with van der Waals surface area (Å²) < 4.78 is 1.59. The average Bonchev–Trinajstić information content (AvgIpc) is 2.95. The Morgan fingerprint density at radius 3 is 2.60 bits per heavy atom. The highest BCUT2D eigenvalue weighted by atomic mass is 32.2. The van der Waals surface area contributed by atoms with Crippen LogP contribution in [0.25, 0.3) is 0 Å². The molecule has 0 aliphatic rings. The number of hydrogen-bond donors (Lipinski definition) is 1. The monoisotopic (exact) mass is 362 g/mol. The van der Waals surface area contributed by atoms with Gasteiger partial charge in [0.2, 0.25) is 5.91 Å². The summed E-state index contributed by atoms with van der Waals surface area (Å²) in [6.45, 7) is 8.05. The minimum atomic E-state index is -0.220. The Labute approximate surface area is 152 Å². The number of nitrogens with one attached hydrogen (secondary N) is 1. The molecule has 2 rings (SSSR count). The van der Waals surface area contributed by atoms with Gasteiger partial charge in [0.05, 0.1) is 5.75 Å². The lowest BCUT2D eigenvalue weighted by Crippen LogP contribution is -2.32. The average molecular weight is 362 g/mol. The summed E-state index contributed by atoms with van der Waals surface area (Å²) in [5.74, 6) is 0.339. The number of carbonyl (C=O) groups is 1. The largest absolute Gasteiger partial charge is 0.343 e. The molecular formula is C18H26N4O2S. The molecule has 1 aromatic heterocycles. The zero-order valence-corrected chi connectivity index (χ0v) is 15.9. The number of aromatic amines is 1. The van der Waals surface area contributed by atoms with E-state index >= 15 is 0 Å². The van der Waals surface area contributed by atoms with Crippen LogP contribution in [0, 0.1) is 6.92 Å². The predicted molar refractivity (Wildman–Crippen MR) is 101 cm³/mol. The van der Waals surface area contributed by atoms with E-state index in [0.29, 0.717) is 18.2 Å². The van der Waals surface area contributed by atoms with E-state index < -0.39 is 0 Å². The van der Waals surface area contributed by atoms with Crippen molar-refractivity contribution in [1.29, 1.82) is 0 Å². The molecule has 25 heavy (non-hydrogen) atoms. The third kappa shape index (κ3) is 5.49. The smallest absolute Gasteiger partial charge is 0.338 e. The predicted octanol–water partition coefficient (Wildman–Crippen LogP) is 2.82. The van der Waals surface area contributed by atoms with Crippen LogP contribution in [0.4, 0.5) is 0 Å². The summed E-state index contributed by atoms with van der Waals surface area (Å²) in [7, 11) is 0. The van der Waals surface area contributed by atoms with Gasteiger partial charge in [-0.05, 0) is 25.3 Å². The maximum atomic E-state index is 12.6. The van der Waals surface area contributed by atoms with Gasteiger partial charge in [0.25, 0.3) is 0 Å². The minimum Gasteiger partial charge on any atom is -0.338 e. The Balaban J connectivity index is 2.00. The van der Waals surface area contributed by atoms with E-state index in [1.54, 1.807) is 4.57 Å². The van der Waals surface area contributed by atoms with Crippen LogP contribution in [-0.2, 0) is 17.9 Å². The van der Waals surface area contributed by atoms with Gasteiger partial charge in [-0.1, -0.05) is 55.4 Å². The molecule has 0 saturated carbocycles. The van der Waals surface area contributed by atoms with Crippen LogP contribution in [-0.4, -0.2) is 37.9 Å². The molecule has 0 spiro atoms. The molecule has 6 nitrogen and oxygen atoms in total. The molecule has 1 heterocycles. The number of amides is 1. The summed E-state index contributed by atoms with van der Waals surface area (Å²) in [6.07, 6.45) is 1.75. The highest BCUT2D eigenvalue weighted by molar-refractivity contribution is 7.99. The fraction of sp³-hybridized carbons (Fsp3) is 0.500. The number of nitrogens with zero attached hydrogens (tertiary/aromatic N) is 3. The molecule has 0 unspecified atom stereocenters. The molecule has 0 aliphatic carbocycles. The second-order valence-electron chi connectivity index (χ2n) is 6.05. The molecule has 1 amide bonds. The van der Waals surface area contributed by atoms with Crippen molar-refractivity contribution in [2.75, 3.05) is 12.3 Å². The first-order valence-electron chi connectivity index (χ1n) is 8.66. The van der Waals surface area contributed by atoms with E-state index in [9.17, 15) is 9.59 Å². The second-order valence-corrected chi connectivity index (χ2v) is 7.00. The van der Waals surface area contributed by atoms with Crippen LogP contribution in [0.15, 0.2) is 34.2 Å². The lowest BCUT2D eigenvalue weighted by Gasteiger charge is -2.22. The van der Waals surface area contributed by atoms with Gasteiger partial charge in [0, 0.05) is 19.6 Å². The van der Waals surface area contributed by atoms with Crippen LogP contribution in [0.5, 0.6) is 0 Å². The quantitative estimate of drug-likeness (QED) is 0.696. The number of carbonyl (C=O) groups excluding carboxylic acids is 1. The minimum absolute atomic E-state index is 0.0610. The summed E-state index contributed by atoms with van der Waals surface area (Å²) in [6, 6.07) is 8.24. The van der Waals surface area contributed by atoms with Crippen molar-refractivity contribution in [3.8, 4) is 0 Å². The molecule has 0 bridgehead atoms. The first-order chi connectivity index (χ1) is 12.0. The lowest BCUT2D eigenvalue weighted by molar-refractivity contribution is -0.129. The van der Waals surface area contributed by atoms with Gasteiger partial charge >= 0.3 is 5.69 Å². The van der Waals surface area contributed by atoms with E-state index in [4.69, 9.17) is 0 Å². The fourth-order valence-electron chi connectivity index (χ4n) is 2.53. The maximum absolute atomic E-state index is 12.6. The van der Waals surface area contributed by atoms with E-state index in [1.807, 2.05) is 11.8 Å². The first kappa shape index (κ1) is 19.3. The maximum Gasteiger partial charge on any atom is 0.343 e. The van der Waals surface area contributed by atoms with Gasteiger partial charge in [-0.25, -0.2) is 9.89 Å². The van der Waals surface area contributed by atoms with Crippen molar-refractivity contribution < 1.29 is 4.79 Å². The van der Waals surface area contributed by atoms with Crippen LogP contribution in [0.1, 0.15) is 37.8 Å². The molecular weight excluding hydrogens is 336 g/mol. The number of aryl methyl sites for hydroxylation is 1. The zero-order chi connectivity index (χ0) is 18.2. The van der Waals surface area contributed by atoms with Gasteiger partial charge in [0.1, 0.15) is 0 Å². The normalized spacial score (nSPS) is 10.8. The van der Waals surface area contributed by atoms with Crippen LogP contribution in [0.3, 0.4) is 0 Å². The van der Waals surface area contributed by atoms with Crippen molar-refractivity contribution in [3.63, 3.8) is 0 Å². The number of thioether (sulfide) groups is 1. The topological polar surface area (TPSA) is 71.0 Å². The van der Waals surface area contributed by atoms with Crippen LogP contribution < -0.4 is 5.69 Å². The summed E-state index contributed by atoms with van der Waals surface area (Å²) in [5.41, 5.74) is 2.11. The number of benzene rings is 1. The standard InChI is InChI=1S/C18H26N4O2S/c1-4-10-21(12-15-8-6-14(3)7-9-15)16(23)13-25-18-20-19-17(24)22(18)11-5-2/h6-9H,4-5,10-13H2,1-3H3,(H,19,24). The first-order valence-corrected chi connectivity index (χ1v) is 9.65. The lowest BCUT2D eigenvalue weighted by atomic mass is 10.1. The highest BCUT2D eigenvalue weighted by Crippen LogP contribution is 2.16. The van der Waals surface area contributed by atoms with E-state index in [1.165, 1.54) is 17.3 Å². The molecule has 0 fully saturated rings. The van der Waals surface area contributed by atoms with Gasteiger partial charge in [-0.15, -0.1) is 5.10 Å². The van der Waals surface area contributed by atoms with Gasteiger partial charge < -0.3 is 4.90 Å². The van der Waals surface area contributed by atoms with Crippen molar-refractivity contribution in [1.82, 2.24) is 19.7 Å². The molecule has 0 atom stereocenters. The molecule has 7 heteroatoms. The van der Waals surface area contributed by atoms with Crippen LogP contribution in [0.2, 0.25) is 0 Å². The summed E-state index contributed by atoms with van der Waals surface area (Å²) in [5, 5.41) is 7.06. The third-order valence-corrected chi connectivity index (χ3v) is 4.80. The van der Waals surface area contributed by atoms with E-state index in [2.05, 4.69) is 48.3 Å².